The SMILES string of the molecule is CCN(CC)C[C@H](O)COc1ccc(CNCC(C)C)cc1OC. The summed E-state index contributed by atoms with van der Waals surface area (Å²) in [5.41, 5.74) is 1.16. The van der Waals surface area contributed by atoms with Gasteiger partial charge in [-0.3, -0.25) is 0 Å². The van der Waals surface area contributed by atoms with E-state index in [4.69, 9.17) is 9.47 Å². The fraction of sp³-hybridized carbons (Fsp3) is 0.684. The third kappa shape index (κ3) is 7.51. The van der Waals surface area contributed by atoms with Crippen molar-refractivity contribution in [1.29, 1.82) is 0 Å². The molecule has 0 fully saturated rings. The molecule has 0 aliphatic heterocycles. The Morgan fingerprint density at radius 1 is 1.17 bits per heavy atom. The number of rotatable bonds is 12. The van der Waals surface area contributed by atoms with Gasteiger partial charge in [0.15, 0.2) is 11.5 Å². The van der Waals surface area contributed by atoms with E-state index >= 15 is 0 Å². The molecular formula is C19H34N2O3. The number of methoxy groups -OCH3 is 1. The molecule has 0 saturated carbocycles. The quantitative estimate of drug-likeness (QED) is 0.613. The van der Waals surface area contributed by atoms with E-state index in [0.717, 1.165) is 31.7 Å². The van der Waals surface area contributed by atoms with Gasteiger partial charge in [-0.15, -0.1) is 0 Å². The second-order valence-electron chi connectivity index (χ2n) is 6.46. The largest absolute Gasteiger partial charge is 0.493 e. The maximum absolute atomic E-state index is 10.1. The molecule has 0 amide bonds. The predicted octanol–water partition coefficient (Wildman–Crippen LogP) is 2.52. The first-order valence-electron chi connectivity index (χ1n) is 8.90. The highest BCUT2D eigenvalue weighted by Gasteiger charge is 2.12. The Balaban J connectivity index is 2.55. The summed E-state index contributed by atoms with van der Waals surface area (Å²) < 4.78 is 11.2. The van der Waals surface area contributed by atoms with Crippen LogP contribution in [0.15, 0.2) is 18.2 Å². The molecule has 1 atom stereocenters. The van der Waals surface area contributed by atoms with Crippen LogP contribution < -0.4 is 14.8 Å². The van der Waals surface area contributed by atoms with E-state index in [1.54, 1.807) is 7.11 Å². The molecule has 24 heavy (non-hydrogen) atoms. The topological polar surface area (TPSA) is 54.0 Å². The third-order valence-electron chi connectivity index (χ3n) is 3.90. The van der Waals surface area contributed by atoms with Crippen LogP contribution in [-0.4, -0.2) is 56.0 Å². The van der Waals surface area contributed by atoms with Gasteiger partial charge >= 0.3 is 0 Å². The average molecular weight is 338 g/mol. The Morgan fingerprint density at radius 2 is 1.88 bits per heavy atom. The highest BCUT2D eigenvalue weighted by Crippen LogP contribution is 2.28. The van der Waals surface area contributed by atoms with Crippen molar-refractivity contribution in [2.75, 3.05) is 39.9 Å². The van der Waals surface area contributed by atoms with Gasteiger partial charge in [-0.05, 0) is 43.2 Å². The van der Waals surface area contributed by atoms with Gasteiger partial charge < -0.3 is 24.8 Å². The number of benzene rings is 1. The molecule has 1 aromatic carbocycles. The molecular weight excluding hydrogens is 304 g/mol. The molecule has 0 aliphatic rings. The van der Waals surface area contributed by atoms with Gasteiger partial charge in [0.25, 0.3) is 0 Å². The number of hydrogen-bond donors (Lipinski definition) is 2. The van der Waals surface area contributed by atoms with E-state index in [9.17, 15) is 5.11 Å². The Labute approximate surface area is 147 Å². The monoisotopic (exact) mass is 338 g/mol. The van der Waals surface area contributed by atoms with Crippen LogP contribution in [0, 0.1) is 5.92 Å². The fourth-order valence-corrected chi connectivity index (χ4v) is 2.46. The van der Waals surface area contributed by atoms with E-state index in [1.165, 1.54) is 0 Å². The number of ether oxygens (including phenoxy) is 2. The predicted molar refractivity (Wildman–Crippen MR) is 98.8 cm³/mol. The van der Waals surface area contributed by atoms with Crippen LogP contribution in [0.3, 0.4) is 0 Å². The van der Waals surface area contributed by atoms with Crippen LogP contribution in [0.1, 0.15) is 33.3 Å². The fourth-order valence-electron chi connectivity index (χ4n) is 2.46. The van der Waals surface area contributed by atoms with Gasteiger partial charge in [-0.25, -0.2) is 0 Å². The first kappa shape index (κ1) is 20.7. The van der Waals surface area contributed by atoms with E-state index < -0.39 is 6.10 Å². The van der Waals surface area contributed by atoms with Crippen molar-refractivity contribution >= 4 is 0 Å². The molecule has 0 spiro atoms. The van der Waals surface area contributed by atoms with Crippen LogP contribution in [-0.2, 0) is 6.54 Å². The Kier molecular flexibility index (Phi) is 9.76. The minimum atomic E-state index is -0.512. The lowest BCUT2D eigenvalue weighted by atomic mass is 10.2. The molecule has 0 saturated heterocycles. The van der Waals surface area contributed by atoms with E-state index in [1.807, 2.05) is 18.2 Å². The molecule has 1 rings (SSSR count). The molecule has 1 aromatic rings. The maximum atomic E-state index is 10.1. The molecule has 0 aromatic heterocycles. The molecule has 0 bridgehead atoms. The summed E-state index contributed by atoms with van der Waals surface area (Å²) >= 11 is 0. The summed E-state index contributed by atoms with van der Waals surface area (Å²) in [5.74, 6) is 2.00. The normalized spacial score (nSPS) is 12.7. The van der Waals surface area contributed by atoms with Crippen molar-refractivity contribution in [3.63, 3.8) is 0 Å². The van der Waals surface area contributed by atoms with Crippen molar-refractivity contribution in [2.24, 2.45) is 5.92 Å². The Hall–Kier alpha value is -1.30. The number of nitrogens with one attached hydrogen (secondary N) is 1. The molecule has 0 heterocycles. The third-order valence-corrected chi connectivity index (χ3v) is 3.90. The number of aliphatic hydroxyl groups is 1. The van der Waals surface area contributed by atoms with Crippen molar-refractivity contribution < 1.29 is 14.6 Å². The number of aliphatic hydroxyl groups excluding tert-OH is 1. The van der Waals surface area contributed by atoms with Crippen molar-refractivity contribution in [1.82, 2.24) is 10.2 Å². The van der Waals surface area contributed by atoms with Crippen LogP contribution >= 0.6 is 0 Å². The molecule has 5 heteroatoms. The first-order chi connectivity index (χ1) is 11.5. The minimum Gasteiger partial charge on any atom is -0.493 e. The van der Waals surface area contributed by atoms with Gasteiger partial charge in [0.2, 0.25) is 0 Å². The van der Waals surface area contributed by atoms with Crippen LogP contribution in [0.4, 0.5) is 0 Å². The molecule has 0 unspecified atom stereocenters. The second-order valence-corrected chi connectivity index (χ2v) is 6.46. The maximum Gasteiger partial charge on any atom is 0.161 e. The zero-order chi connectivity index (χ0) is 17.9. The summed E-state index contributed by atoms with van der Waals surface area (Å²) in [5, 5.41) is 13.5. The van der Waals surface area contributed by atoms with Crippen molar-refractivity contribution in [2.45, 2.75) is 40.3 Å². The van der Waals surface area contributed by atoms with Gasteiger partial charge in [-0.1, -0.05) is 33.8 Å². The van der Waals surface area contributed by atoms with Crippen molar-refractivity contribution in [3.8, 4) is 11.5 Å². The summed E-state index contributed by atoms with van der Waals surface area (Å²) in [7, 11) is 1.64. The van der Waals surface area contributed by atoms with E-state index in [-0.39, 0.29) is 6.61 Å². The lowest BCUT2D eigenvalue weighted by Crippen LogP contribution is -2.35. The molecule has 0 aliphatic carbocycles. The van der Waals surface area contributed by atoms with Gasteiger partial charge in [0.05, 0.1) is 7.11 Å². The Morgan fingerprint density at radius 3 is 2.46 bits per heavy atom. The Bertz CT molecular complexity index is 462. The lowest BCUT2D eigenvalue weighted by molar-refractivity contribution is 0.0705. The highest BCUT2D eigenvalue weighted by molar-refractivity contribution is 5.43. The lowest BCUT2D eigenvalue weighted by Gasteiger charge is -2.22. The van der Waals surface area contributed by atoms with Gasteiger partial charge in [-0.2, -0.15) is 0 Å². The van der Waals surface area contributed by atoms with E-state index in [0.29, 0.717) is 24.0 Å². The standard InChI is InChI=1S/C19H34N2O3/c1-6-21(7-2)13-17(22)14-24-18-9-8-16(10-19(18)23-5)12-20-11-15(3)4/h8-10,15,17,20,22H,6-7,11-14H2,1-5H3/t17-/m0/s1. The van der Waals surface area contributed by atoms with E-state index in [2.05, 4.69) is 37.9 Å². The smallest absolute Gasteiger partial charge is 0.161 e. The minimum absolute atomic E-state index is 0.262. The molecule has 2 N–H and O–H groups in total. The molecule has 138 valence electrons. The average Bonchev–Trinajstić information content (AvgIpc) is 2.57. The van der Waals surface area contributed by atoms with Crippen LogP contribution in [0.2, 0.25) is 0 Å². The summed E-state index contributed by atoms with van der Waals surface area (Å²) in [4.78, 5) is 2.18. The zero-order valence-corrected chi connectivity index (χ0v) is 15.8. The van der Waals surface area contributed by atoms with Gasteiger partial charge in [0.1, 0.15) is 12.7 Å². The van der Waals surface area contributed by atoms with Gasteiger partial charge in [0, 0.05) is 13.1 Å². The zero-order valence-electron chi connectivity index (χ0n) is 15.8. The van der Waals surface area contributed by atoms with Crippen LogP contribution in [0.25, 0.3) is 0 Å². The number of nitrogens with zero attached hydrogens (tertiary/aromatic N) is 1. The summed E-state index contributed by atoms with van der Waals surface area (Å²) in [6, 6.07) is 5.93. The van der Waals surface area contributed by atoms with Crippen molar-refractivity contribution in [3.05, 3.63) is 23.8 Å². The summed E-state index contributed by atoms with van der Waals surface area (Å²) in [6.45, 7) is 13.1. The first-order valence-corrected chi connectivity index (χ1v) is 8.90. The summed E-state index contributed by atoms with van der Waals surface area (Å²) in [6.07, 6.45) is -0.512. The second kappa shape index (κ2) is 11.3. The number of likely N-dealkylation sites (N-methyl/N-ethyl adjacent to an activating group) is 1. The molecule has 0 radical (unpaired) electrons. The number of hydrogen-bond acceptors (Lipinski definition) is 5. The highest BCUT2D eigenvalue weighted by atomic mass is 16.5. The molecule has 5 nitrogen and oxygen atoms in total. The van der Waals surface area contributed by atoms with Crippen LogP contribution in [0.5, 0.6) is 11.5 Å².